The van der Waals surface area contributed by atoms with E-state index in [2.05, 4.69) is 22.3 Å². The summed E-state index contributed by atoms with van der Waals surface area (Å²) in [5, 5.41) is 3.24. The topological polar surface area (TPSA) is 33.0 Å². The lowest BCUT2D eigenvalue weighted by Gasteiger charge is -2.20. The molecule has 3 nitrogen and oxygen atoms in total. The molecule has 0 saturated heterocycles. The maximum Gasteiger partial charge on any atom is 0.220 e. The van der Waals surface area contributed by atoms with Crippen molar-refractivity contribution in [3.8, 4) is 0 Å². The summed E-state index contributed by atoms with van der Waals surface area (Å²) in [6.45, 7) is 0.998. The van der Waals surface area contributed by atoms with Gasteiger partial charge in [-0.1, -0.05) is 38.2 Å². The van der Waals surface area contributed by atoms with Crippen LogP contribution in [0.4, 0.5) is 0 Å². The predicted molar refractivity (Wildman–Crippen MR) is 84.7 cm³/mol. The van der Waals surface area contributed by atoms with Crippen molar-refractivity contribution in [1.29, 1.82) is 0 Å². The van der Waals surface area contributed by atoms with Crippen molar-refractivity contribution in [2.24, 2.45) is 0 Å². The summed E-state index contributed by atoms with van der Waals surface area (Å²) in [6, 6.07) is 6.54. The second-order valence-electron chi connectivity index (χ2n) is 6.18. The first kappa shape index (κ1) is 16.0. The molecule has 0 aromatic carbocycles. The van der Waals surface area contributed by atoms with Crippen molar-refractivity contribution < 1.29 is 9.36 Å². The Hall–Kier alpha value is -1.38. The largest absolute Gasteiger partial charge is 0.353 e. The number of carbonyl (C=O) groups excluding carboxylic acids is 1. The number of amides is 1. The van der Waals surface area contributed by atoms with E-state index in [1.807, 2.05) is 18.2 Å². The number of nitrogens with zero attached hydrogens (tertiary/aromatic N) is 1. The highest BCUT2D eigenvalue weighted by molar-refractivity contribution is 5.76. The number of unbranched alkanes of at least 4 members (excludes halogenated alkanes) is 1. The quantitative estimate of drug-likeness (QED) is 0.632. The summed E-state index contributed by atoms with van der Waals surface area (Å²) in [6.07, 6.45) is 15.8. The SMILES string of the molecule is O=C(CCCC[n+]1ccccc1)NC1CCCCCCC1. The monoisotopic (exact) mass is 289 g/mol. The second kappa shape index (κ2) is 9.54. The molecule has 0 unspecified atom stereocenters. The van der Waals surface area contributed by atoms with E-state index in [0.717, 1.165) is 19.4 Å². The predicted octanol–water partition coefficient (Wildman–Crippen LogP) is 3.37. The van der Waals surface area contributed by atoms with E-state index in [0.29, 0.717) is 12.5 Å². The van der Waals surface area contributed by atoms with Crippen LogP contribution in [-0.2, 0) is 11.3 Å². The van der Waals surface area contributed by atoms with E-state index in [-0.39, 0.29) is 5.91 Å². The van der Waals surface area contributed by atoms with Gasteiger partial charge >= 0.3 is 0 Å². The minimum Gasteiger partial charge on any atom is -0.353 e. The number of nitrogens with one attached hydrogen (secondary N) is 1. The fourth-order valence-corrected chi connectivity index (χ4v) is 3.06. The van der Waals surface area contributed by atoms with E-state index >= 15 is 0 Å². The van der Waals surface area contributed by atoms with Crippen LogP contribution >= 0.6 is 0 Å². The fraction of sp³-hybridized carbons (Fsp3) is 0.667. The van der Waals surface area contributed by atoms with Crippen molar-refractivity contribution in [1.82, 2.24) is 5.32 Å². The van der Waals surface area contributed by atoms with Gasteiger partial charge in [0.05, 0.1) is 0 Å². The highest BCUT2D eigenvalue weighted by atomic mass is 16.1. The van der Waals surface area contributed by atoms with Gasteiger partial charge in [0.25, 0.3) is 0 Å². The maximum atomic E-state index is 12.0. The molecule has 21 heavy (non-hydrogen) atoms. The highest BCUT2D eigenvalue weighted by Gasteiger charge is 2.13. The van der Waals surface area contributed by atoms with Crippen molar-refractivity contribution in [2.75, 3.05) is 0 Å². The van der Waals surface area contributed by atoms with Gasteiger partial charge in [0.1, 0.15) is 6.54 Å². The van der Waals surface area contributed by atoms with E-state index in [9.17, 15) is 4.79 Å². The van der Waals surface area contributed by atoms with Gasteiger partial charge in [-0.05, 0) is 19.3 Å². The van der Waals surface area contributed by atoms with Crippen LogP contribution in [0.2, 0.25) is 0 Å². The zero-order chi connectivity index (χ0) is 14.8. The van der Waals surface area contributed by atoms with Crippen LogP contribution < -0.4 is 9.88 Å². The lowest BCUT2D eigenvalue weighted by atomic mass is 9.96. The number of aryl methyl sites for hydroxylation is 1. The molecule has 1 aromatic heterocycles. The summed E-state index contributed by atoms with van der Waals surface area (Å²) in [5.41, 5.74) is 0. The van der Waals surface area contributed by atoms with E-state index in [1.54, 1.807) is 0 Å². The van der Waals surface area contributed by atoms with Gasteiger partial charge in [0.2, 0.25) is 5.91 Å². The third-order valence-corrected chi connectivity index (χ3v) is 4.32. The van der Waals surface area contributed by atoms with Crippen LogP contribution in [0.25, 0.3) is 0 Å². The number of hydrogen-bond acceptors (Lipinski definition) is 1. The minimum absolute atomic E-state index is 0.249. The molecule has 116 valence electrons. The first-order valence-electron chi connectivity index (χ1n) is 8.58. The average molecular weight is 289 g/mol. The number of carbonyl (C=O) groups is 1. The van der Waals surface area contributed by atoms with Gasteiger partial charge in [-0.2, -0.15) is 0 Å². The van der Waals surface area contributed by atoms with Crippen molar-refractivity contribution in [3.05, 3.63) is 30.6 Å². The Labute approximate surface area is 128 Å². The summed E-state index contributed by atoms with van der Waals surface area (Å²) in [5.74, 6) is 0.249. The third-order valence-electron chi connectivity index (χ3n) is 4.32. The zero-order valence-corrected chi connectivity index (χ0v) is 13.1. The van der Waals surface area contributed by atoms with Crippen LogP contribution in [0.3, 0.4) is 0 Å². The van der Waals surface area contributed by atoms with Crippen molar-refractivity contribution >= 4 is 5.91 Å². The molecule has 1 aliphatic rings. The molecule has 0 spiro atoms. The molecular formula is C18H29N2O+. The molecule has 1 saturated carbocycles. The molecule has 0 radical (unpaired) electrons. The molecule has 1 fully saturated rings. The Kier molecular flexibility index (Phi) is 7.27. The fourth-order valence-electron chi connectivity index (χ4n) is 3.06. The van der Waals surface area contributed by atoms with Crippen LogP contribution in [0.15, 0.2) is 30.6 Å². The summed E-state index contributed by atoms with van der Waals surface area (Å²) >= 11 is 0. The maximum absolute atomic E-state index is 12.0. The Bertz CT molecular complexity index is 397. The number of pyridine rings is 1. The number of rotatable bonds is 6. The van der Waals surface area contributed by atoms with Crippen LogP contribution in [-0.4, -0.2) is 11.9 Å². The van der Waals surface area contributed by atoms with Gasteiger partial charge in [-0.25, -0.2) is 4.57 Å². The summed E-state index contributed by atoms with van der Waals surface area (Å²) < 4.78 is 2.17. The summed E-state index contributed by atoms with van der Waals surface area (Å²) in [4.78, 5) is 12.0. The second-order valence-corrected chi connectivity index (χ2v) is 6.18. The Morgan fingerprint density at radius 3 is 2.33 bits per heavy atom. The normalized spacial score (nSPS) is 17.0. The van der Waals surface area contributed by atoms with E-state index in [4.69, 9.17) is 0 Å². The molecular weight excluding hydrogens is 260 g/mol. The molecule has 0 aliphatic heterocycles. The average Bonchev–Trinajstić information content (AvgIpc) is 2.47. The first-order chi connectivity index (χ1) is 10.3. The number of hydrogen-bond donors (Lipinski definition) is 1. The Morgan fingerprint density at radius 2 is 1.62 bits per heavy atom. The highest BCUT2D eigenvalue weighted by Crippen LogP contribution is 2.17. The van der Waals surface area contributed by atoms with Gasteiger partial charge in [0.15, 0.2) is 12.4 Å². The molecule has 1 N–H and O–H groups in total. The molecule has 1 heterocycles. The Morgan fingerprint density at radius 1 is 0.952 bits per heavy atom. The van der Waals surface area contributed by atoms with E-state index < -0.39 is 0 Å². The van der Waals surface area contributed by atoms with Crippen LogP contribution in [0.5, 0.6) is 0 Å². The van der Waals surface area contributed by atoms with Gasteiger partial charge < -0.3 is 5.32 Å². The van der Waals surface area contributed by atoms with Crippen LogP contribution in [0, 0.1) is 0 Å². The van der Waals surface area contributed by atoms with Gasteiger partial charge in [0, 0.05) is 31.0 Å². The molecule has 1 aromatic rings. The third kappa shape index (κ3) is 6.74. The molecule has 3 heteroatoms. The van der Waals surface area contributed by atoms with Gasteiger partial charge in [-0.15, -0.1) is 0 Å². The molecule has 1 amide bonds. The summed E-state index contributed by atoms with van der Waals surface area (Å²) in [7, 11) is 0. The van der Waals surface area contributed by atoms with E-state index in [1.165, 1.54) is 44.9 Å². The van der Waals surface area contributed by atoms with Crippen molar-refractivity contribution in [2.45, 2.75) is 76.8 Å². The lowest BCUT2D eigenvalue weighted by molar-refractivity contribution is -0.697. The molecule has 0 bridgehead atoms. The Balaban J connectivity index is 1.58. The molecule has 1 aliphatic carbocycles. The molecule has 2 rings (SSSR count). The smallest absolute Gasteiger partial charge is 0.220 e. The van der Waals surface area contributed by atoms with Crippen molar-refractivity contribution in [3.63, 3.8) is 0 Å². The number of aromatic nitrogens is 1. The van der Waals surface area contributed by atoms with Gasteiger partial charge in [-0.3, -0.25) is 4.79 Å². The lowest BCUT2D eigenvalue weighted by Crippen LogP contribution is -2.35. The standard InChI is InChI=1S/C18H28N2O/c21-18(19-17-11-5-2-1-3-6-12-17)13-7-10-16-20-14-8-4-9-15-20/h4,8-9,14-15,17H,1-3,5-7,10-13,16H2/p+1. The minimum atomic E-state index is 0.249. The first-order valence-corrected chi connectivity index (χ1v) is 8.58. The molecule has 0 atom stereocenters. The zero-order valence-electron chi connectivity index (χ0n) is 13.1. The van der Waals surface area contributed by atoms with Crippen LogP contribution in [0.1, 0.15) is 64.2 Å².